The number of hydrogen-bond acceptors (Lipinski definition) is 8. The lowest BCUT2D eigenvalue weighted by molar-refractivity contribution is -0.136. The Morgan fingerprint density at radius 3 is 2.57 bits per heavy atom. The highest BCUT2D eigenvalue weighted by molar-refractivity contribution is 7.21. The molecule has 2 aliphatic rings. The standard InChI is InChI=1S/C28H25N3O5S/c32-26(31-13-11-30(12-14-31)16-19-9-10-23-24(15-19)36-18-35-23)17-34-28(33)21-6-2-1-5-20(21)27-29-22-7-3-4-8-25(22)37-27/h1-10,15H,11-14,16-18H2. The molecule has 0 saturated carbocycles. The zero-order chi connectivity index (χ0) is 25.2. The lowest BCUT2D eigenvalue weighted by Gasteiger charge is -2.34. The Morgan fingerprint density at radius 2 is 1.70 bits per heavy atom. The van der Waals surface area contributed by atoms with Gasteiger partial charge >= 0.3 is 5.97 Å². The van der Waals surface area contributed by atoms with Crippen molar-refractivity contribution < 1.29 is 23.8 Å². The smallest absolute Gasteiger partial charge is 0.339 e. The molecule has 9 heteroatoms. The van der Waals surface area contributed by atoms with Crippen LogP contribution >= 0.6 is 11.3 Å². The van der Waals surface area contributed by atoms with Gasteiger partial charge in [-0.05, 0) is 35.9 Å². The maximum Gasteiger partial charge on any atom is 0.339 e. The van der Waals surface area contributed by atoms with Gasteiger partial charge in [0.25, 0.3) is 5.91 Å². The molecule has 1 aromatic heterocycles. The van der Waals surface area contributed by atoms with E-state index in [1.54, 1.807) is 17.0 Å². The van der Waals surface area contributed by atoms with Crippen LogP contribution in [-0.2, 0) is 16.1 Å². The van der Waals surface area contributed by atoms with Crippen LogP contribution in [0.2, 0.25) is 0 Å². The fraction of sp³-hybridized carbons (Fsp3) is 0.250. The SMILES string of the molecule is O=C(OCC(=O)N1CCN(Cc2ccc3c(c2)OCO3)CC1)c1ccccc1-c1nc2ccccc2s1. The molecule has 0 unspecified atom stereocenters. The predicted molar refractivity (Wildman–Crippen MR) is 140 cm³/mol. The first kappa shape index (κ1) is 23.4. The van der Waals surface area contributed by atoms with Crippen molar-refractivity contribution in [2.75, 3.05) is 39.6 Å². The van der Waals surface area contributed by atoms with E-state index in [4.69, 9.17) is 14.2 Å². The number of rotatable bonds is 6. The van der Waals surface area contributed by atoms with E-state index in [1.807, 2.05) is 54.6 Å². The molecule has 0 aliphatic carbocycles. The summed E-state index contributed by atoms with van der Waals surface area (Å²) < 4.78 is 17.3. The van der Waals surface area contributed by atoms with Crippen LogP contribution in [0.5, 0.6) is 11.5 Å². The summed E-state index contributed by atoms with van der Waals surface area (Å²) in [7, 11) is 0. The van der Waals surface area contributed by atoms with Crippen LogP contribution in [0.1, 0.15) is 15.9 Å². The van der Waals surface area contributed by atoms with E-state index in [1.165, 1.54) is 11.3 Å². The zero-order valence-electron chi connectivity index (χ0n) is 20.1. The van der Waals surface area contributed by atoms with Gasteiger partial charge in [-0.1, -0.05) is 36.4 Å². The Hall–Kier alpha value is -3.95. The predicted octanol–water partition coefficient (Wildman–Crippen LogP) is 4.19. The van der Waals surface area contributed by atoms with E-state index in [2.05, 4.69) is 9.88 Å². The van der Waals surface area contributed by atoms with Crippen LogP contribution in [0.3, 0.4) is 0 Å². The number of nitrogens with zero attached hydrogens (tertiary/aromatic N) is 3. The minimum absolute atomic E-state index is 0.187. The summed E-state index contributed by atoms with van der Waals surface area (Å²) in [5.74, 6) is 0.840. The molecule has 4 aromatic rings. The van der Waals surface area contributed by atoms with Gasteiger partial charge in [-0.15, -0.1) is 11.3 Å². The number of piperazine rings is 1. The summed E-state index contributed by atoms with van der Waals surface area (Å²) in [4.78, 5) is 34.4. The summed E-state index contributed by atoms with van der Waals surface area (Å²) in [5, 5.41) is 0.749. The van der Waals surface area contributed by atoms with Crippen LogP contribution in [-0.4, -0.2) is 66.2 Å². The second-order valence-electron chi connectivity index (χ2n) is 8.95. The fourth-order valence-corrected chi connectivity index (χ4v) is 5.59. The van der Waals surface area contributed by atoms with Gasteiger partial charge in [-0.2, -0.15) is 0 Å². The van der Waals surface area contributed by atoms with E-state index in [0.29, 0.717) is 24.2 Å². The molecule has 6 rings (SSSR count). The van der Waals surface area contributed by atoms with Crippen LogP contribution < -0.4 is 9.47 Å². The molecule has 0 spiro atoms. The summed E-state index contributed by atoms with van der Waals surface area (Å²) >= 11 is 1.52. The molecule has 0 atom stereocenters. The van der Waals surface area contributed by atoms with E-state index >= 15 is 0 Å². The number of carbonyl (C=O) groups is 2. The third kappa shape index (κ3) is 5.00. The van der Waals surface area contributed by atoms with Crippen molar-refractivity contribution in [3.05, 3.63) is 77.9 Å². The van der Waals surface area contributed by atoms with Gasteiger partial charge in [0.15, 0.2) is 18.1 Å². The van der Waals surface area contributed by atoms with Crippen molar-refractivity contribution in [1.82, 2.24) is 14.8 Å². The van der Waals surface area contributed by atoms with Crippen molar-refractivity contribution in [3.8, 4) is 22.1 Å². The van der Waals surface area contributed by atoms with E-state index in [0.717, 1.165) is 51.9 Å². The molecular formula is C28H25N3O5S. The average Bonchev–Trinajstić information content (AvgIpc) is 3.59. The number of thiazole rings is 1. The maximum absolute atomic E-state index is 12.9. The van der Waals surface area contributed by atoms with E-state index < -0.39 is 5.97 Å². The molecule has 37 heavy (non-hydrogen) atoms. The number of carbonyl (C=O) groups excluding carboxylic acids is 2. The van der Waals surface area contributed by atoms with Crippen LogP contribution in [0.4, 0.5) is 0 Å². The monoisotopic (exact) mass is 515 g/mol. The number of hydrogen-bond donors (Lipinski definition) is 0. The summed E-state index contributed by atoms with van der Waals surface area (Å²) in [5.41, 5.74) is 3.14. The number of aromatic nitrogens is 1. The van der Waals surface area contributed by atoms with Crippen molar-refractivity contribution in [2.24, 2.45) is 0 Å². The van der Waals surface area contributed by atoms with Gasteiger partial charge in [-0.25, -0.2) is 9.78 Å². The van der Waals surface area contributed by atoms with Crippen molar-refractivity contribution in [3.63, 3.8) is 0 Å². The van der Waals surface area contributed by atoms with Crippen LogP contribution in [0.25, 0.3) is 20.8 Å². The van der Waals surface area contributed by atoms with Crippen molar-refractivity contribution in [2.45, 2.75) is 6.54 Å². The Kier molecular flexibility index (Phi) is 6.46. The van der Waals surface area contributed by atoms with Gasteiger partial charge in [-0.3, -0.25) is 9.69 Å². The minimum atomic E-state index is -0.523. The third-order valence-corrected chi connectivity index (χ3v) is 7.64. The fourth-order valence-electron chi connectivity index (χ4n) is 4.58. The number of amides is 1. The van der Waals surface area contributed by atoms with Gasteiger partial charge in [0.1, 0.15) is 5.01 Å². The maximum atomic E-state index is 12.9. The number of benzene rings is 3. The minimum Gasteiger partial charge on any atom is -0.454 e. The second kappa shape index (κ2) is 10.2. The number of fused-ring (bicyclic) bond motifs is 2. The van der Waals surface area contributed by atoms with Gasteiger partial charge in [0.2, 0.25) is 6.79 Å². The Labute approximate surface area is 218 Å². The Balaban J connectivity index is 1.03. The normalized spacial score (nSPS) is 15.2. The number of ether oxygens (including phenoxy) is 3. The topological polar surface area (TPSA) is 81.2 Å². The molecule has 8 nitrogen and oxygen atoms in total. The molecular weight excluding hydrogens is 490 g/mol. The van der Waals surface area contributed by atoms with Crippen molar-refractivity contribution >= 4 is 33.4 Å². The zero-order valence-corrected chi connectivity index (χ0v) is 20.9. The molecule has 2 aliphatic heterocycles. The molecule has 1 fully saturated rings. The van der Waals surface area contributed by atoms with Crippen LogP contribution in [0, 0.1) is 0 Å². The molecule has 1 amide bonds. The number of para-hydroxylation sites is 1. The summed E-state index contributed by atoms with van der Waals surface area (Å²) in [6, 6.07) is 21.1. The quantitative estimate of drug-likeness (QED) is 0.356. The highest BCUT2D eigenvalue weighted by Gasteiger charge is 2.24. The van der Waals surface area contributed by atoms with Gasteiger partial charge in [0, 0.05) is 38.3 Å². The Morgan fingerprint density at radius 1 is 0.919 bits per heavy atom. The number of esters is 1. The lowest BCUT2D eigenvalue weighted by Crippen LogP contribution is -2.49. The summed E-state index contributed by atoms with van der Waals surface area (Å²) in [6.45, 7) is 3.42. The third-order valence-electron chi connectivity index (χ3n) is 6.57. The molecule has 1 saturated heterocycles. The van der Waals surface area contributed by atoms with E-state index in [9.17, 15) is 9.59 Å². The first-order valence-electron chi connectivity index (χ1n) is 12.1. The van der Waals surface area contributed by atoms with Crippen LogP contribution in [0.15, 0.2) is 66.7 Å². The highest BCUT2D eigenvalue weighted by atomic mass is 32.1. The van der Waals surface area contributed by atoms with Crippen molar-refractivity contribution in [1.29, 1.82) is 0 Å². The van der Waals surface area contributed by atoms with Gasteiger partial charge in [0.05, 0.1) is 15.8 Å². The Bertz CT molecular complexity index is 1430. The molecule has 3 aromatic carbocycles. The van der Waals surface area contributed by atoms with Gasteiger partial charge < -0.3 is 19.1 Å². The molecule has 0 bridgehead atoms. The largest absolute Gasteiger partial charge is 0.454 e. The first-order chi connectivity index (χ1) is 18.1. The second-order valence-corrected chi connectivity index (χ2v) is 9.98. The first-order valence-corrected chi connectivity index (χ1v) is 13.0. The lowest BCUT2D eigenvalue weighted by atomic mass is 10.1. The molecule has 3 heterocycles. The average molecular weight is 516 g/mol. The molecule has 0 radical (unpaired) electrons. The highest BCUT2D eigenvalue weighted by Crippen LogP contribution is 2.33. The van der Waals surface area contributed by atoms with E-state index in [-0.39, 0.29) is 19.3 Å². The molecule has 188 valence electrons. The molecule has 0 N–H and O–H groups in total. The summed E-state index contributed by atoms with van der Waals surface area (Å²) in [6.07, 6.45) is 0.